The van der Waals surface area contributed by atoms with Crippen molar-refractivity contribution in [2.45, 2.75) is 6.04 Å². The Morgan fingerprint density at radius 3 is 3.10 bits per heavy atom. The molecule has 1 aromatic carbocycles. The molecule has 2 aliphatic rings. The molecular formula is C16H19N3O2. The van der Waals surface area contributed by atoms with E-state index in [4.69, 9.17) is 9.15 Å². The van der Waals surface area contributed by atoms with Gasteiger partial charge in [-0.25, -0.2) is 0 Å². The Labute approximate surface area is 123 Å². The van der Waals surface area contributed by atoms with E-state index in [0.29, 0.717) is 18.0 Å². The third-order valence-electron chi connectivity index (χ3n) is 4.99. The number of hydrogen-bond donors (Lipinski definition) is 1. The van der Waals surface area contributed by atoms with Crippen molar-refractivity contribution in [2.75, 3.05) is 32.1 Å². The number of nitrogens with one attached hydrogen (secondary N) is 1. The molecule has 4 rings (SSSR count). The summed E-state index contributed by atoms with van der Waals surface area (Å²) in [6.45, 7) is 5.89. The molecule has 0 bridgehead atoms. The molecule has 5 nitrogen and oxygen atoms in total. The minimum Gasteiger partial charge on any atom is -0.497 e. The lowest BCUT2D eigenvalue weighted by atomic mass is 10.1. The van der Waals surface area contributed by atoms with Crippen LogP contribution in [0.3, 0.4) is 0 Å². The maximum absolute atomic E-state index is 5.88. The van der Waals surface area contributed by atoms with E-state index in [1.54, 1.807) is 7.11 Å². The molecule has 0 radical (unpaired) electrons. The van der Waals surface area contributed by atoms with Gasteiger partial charge < -0.3 is 19.4 Å². The highest BCUT2D eigenvalue weighted by Crippen LogP contribution is 2.59. The fraction of sp³-hybridized carbons (Fsp3) is 0.438. The molecule has 110 valence electrons. The largest absolute Gasteiger partial charge is 0.497 e. The zero-order valence-electron chi connectivity index (χ0n) is 12.3. The van der Waals surface area contributed by atoms with E-state index in [9.17, 15) is 0 Å². The number of ether oxygens (including phenoxy) is 1. The standard InChI is InChI=1S/C16H19N3O2/c1-4-16-9-19(8-11(16)14(16)17-2)15-18-12-7-10(20-3)5-6-13(12)21-15/h4-7,11,14,17H,1,8-9H2,2-3H3/t11-,14-,16-/m0/s1. The lowest BCUT2D eigenvalue weighted by Crippen LogP contribution is -2.32. The highest BCUT2D eigenvalue weighted by Gasteiger charge is 2.67. The van der Waals surface area contributed by atoms with Gasteiger partial charge in [-0.1, -0.05) is 6.08 Å². The zero-order valence-corrected chi connectivity index (χ0v) is 12.3. The van der Waals surface area contributed by atoms with Crippen LogP contribution in [0.15, 0.2) is 35.3 Å². The van der Waals surface area contributed by atoms with Crippen molar-refractivity contribution in [3.63, 3.8) is 0 Å². The normalized spacial score (nSPS) is 30.5. The molecule has 3 atom stereocenters. The van der Waals surface area contributed by atoms with Gasteiger partial charge in [-0.2, -0.15) is 4.98 Å². The van der Waals surface area contributed by atoms with Crippen LogP contribution < -0.4 is 15.0 Å². The average Bonchev–Trinajstić information content (AvgIpc) is 2.85. The first-order chi connectivity index (χ1) is 10.2. The lowest BCUT2D eigenvalue weighted by molar-refractivity contribution is 0.415. The van der Waals surface area contributed by atoms with E-state index < -0.39 is 0 Å². The van der Waals surface area contributed by atoms with Gasteiger partial charge >= 0.3 is 0 Å². The summed E-state index contributed by atoms with van der Waals surface area (Å²) in [7, 11) is 3.67. The Morgan fingerprint density at radius 2 is 2.43 bits per heavy atom. The van der Waals surface area contributed by atoms with Gasteiger partial charge in [0, 0.05) is 36.5 Å². The first kappa shape index (κ1) is 12.7. The molecule has 1 aliphatic carbocycles. The summed E-state index contributed by atoms with van der Waals surface area (Å²) >= 11 is 0. The van der Waals surface area contributed by atoms with E-state index in [2.05, 4.69) is 27.9 Å². The molecule has 0 amide bonds. The number of hydrogen-bond acceptors (Lipinski definition) is 5. The number of piperidine rings is 1. The Balaban J connectivity index is 1.62. The van der Waals surface area contributed by atoms with Crippen molar-refractivity contribution >= 4 is 17.1 Å². The fourth-order valence-corrected chi connectivity index (χ4v) is 3.78. The molecule has 2 fully saturated rings. The van der Waals surface area contributed by atoms with Gasteiger partial charge in [0.15, 0.2) is 5.58 Å². The summed E-state index contributed by atoms with van der Waals surface area (Å²) in [4.78, 5) is 6.81. The number of oxazole rings is 1. The predicted molar refractivity (Wildman–Crippen MR) is 81.7 cm³/mol. The number of anilines is 1. The first-order valence-electron chi connectivity index (χ1n) is 7.22. The molecule has 2 heterocycles. The monoisotopic (exact) mass is 285 g/mol. The fourth-order valence-electron chi connectivity index (χ4n) is 3.78. The van der Waals surface area contributed by atoms with E-state index >= 15 is 0 Å². The SMILES string of the molecule is C=C[C@]12CN(c3nc4cc(OC)ccc4o3)C[C@H]1[C@@H]2NC. The maximum Gasteiger partial charge on any atom is 0.298 e. The number of fused-ring (bicyclic) bond motifs is 2. The van der Waals surface area contributed by atoms with Gasteiger partial charge in [0.05, 0.1) is 7.11 Å². The summed E-state index contributed by atoms with van der Waals surface area (Å²) in [6, 6.07) is 6.93. The van der Waals surface area contributed by atoms with Crippen molar-refractivity contribution in [2.24, 2.45) is 11.3 Å². The molecule has 1 aromatic heterocycles. The summed E-state index contributed by atoms with van der Waals surface area (Å²) in [5.41, 5.74) is 1.81. The van der Waals surface area contributed by atoms with Crippen molar-refractivity contribution in [3.05, 3.63) is 30.9 Å². The summed E-state index contributed by atoms with van der Waals surface area (Å²) in [5, 5.41) is 3.38. The number of rotatable bonds is 4. The second-order valence-electron chi connectivity index (χ2n) is 5.90. The third kappa shape index (κ3) is 1.64. The van der Waals surface area contributed by atoms with E-state index in [1.807, 2.05) is 25.2 Å². The molecular weight excluding hydrogens is 266 g/mol. The van der Waals surface area contributed by atoms with Crippen molar-refractivity contribution < 1.29 is 9.15 Å². The van der Waals surface area contributed by atoms with Gasteiger partial charge in [-0.3, -0.25) is 0 Å². The third-order valence-corrected chi connectivity index (χ3v) is 4.99. The number of benzene rings is 1. The highest BCUT2D eigenvalue weighted by molar-refractivity contribution is 5.76. The van der Waals surface area contributed by atoms with Crippen LogP contribution in [0.2, 0.25) is 0 Å². The van der Waals surface area contributed by atoms with Gasteiger partial charge in [0.2, 0.25) is 0 Å². The second-order valence-corrected chi connectivity index (χ2v) is 5.90. The van der Waals surface area contributed by atoms with Crippen LogP contribution in [-0.2, 0) is 0 Å². The Morgan fingerprint density at radius 1 is 1.57 bits per heavy atom. The summed E-state index contributed by atoms with van der Waals surface area (Å²) in [6.07, 6.45) is 2.09. The van der Waals surface area contributed by atoms with E-state index in [1.165, 1.54) is 0 Å². The summed E-state index contributed by atoms with van der Waals surface area (Å²) in [5.74, 6) is 1.40. The van der Waals surface area contributed by atoms with Gasteiger partial charge in [-0.15, -0.1) is 6.58 Å². The van der Waals surface area contributed by atoms with E-state index in [0.717, 1.165) is 29.9 Å². The highest BCUT2D eigenvalue weighted by atomic mass is 16.5. The Kier molecular flexibility index (Phi) is 2.57. The number of methoxy groups -OCH3 is 1. The first-order valence-corrected chi connectivity index (χ1v) is 7.22. The molecule has 0 unspecified atom stereocenters. The van der Waals surface area contributed by atoms with Crippen LogP contribution in [-0.4, -0.2) is 38.3 Å². The van der Waals surface area contributed by atoms with Crippen molar-refractivity contribution in [1.29, 1.82) is 0 Å². The topological polar surface area (TPSA) is 50.5 Å². The van der Waals surface area contributed by atoms with Crippen molar-refractivity contribution in [1.82, 2.24) is 10.3 Å². The molecule has 5 heteroatoms. The van der Waals surface area contributed by atoms with Crippen LogP contribution >= 0.6 is 0 Å². The molecule has 1 aliphatic heterocycles. The Bertz CT molecular complexity index is 711. The summed E-state index contributed by atoms with van der Waals surface area (Å²) < 4.78 is 11.1. The van der Waals surface area contributed by atoms with Gasteiger partial charge in [0.25, 0.3) is 6.01 Å². The minimum absolute atomic E-state index is 0.174. The van der Waals surface area contributed by atoms with Crippen molar-refractivity contribution in [3.8, 4) is 5.75 Å². The number of nitrogens with zero attached hydrogens (tertiary/aromatic N) is 2. The second kappa shape index (κ2) is 4.24. The molecule has 0 spiro atoms. The van der Waals surface area contributed by atoms with Crippen LogP contribution in [0.5, 0.6) is 5.75 Å². The average molecular weight is 285 g/mol. The maximum atomic E-state index is 5.88. The van der Waals surface area contributed by atoms with E-state index in [-0.39, 0.29) is 5.41 Å². The molecule has 2 aromatic rings. The van der Waals surface area contributed by atoms with Crippen LogP contribution in [0.4, 0.5) is 6.01 Å². The van der Waals surface area contributed by atoms with Crippen LogP contribution in [0, 0.1) is 11.3 Å². The van der Waals surface area contributed by atoms with Gasteiger partial charge in [-0.05, 0) is 19.2 Å². The van der Waals surface area contributed by atoms with Crippen LogP contribution in [0.25, 0.3) is 11.1 Å². The molecule has 1 saturated carbocycles. The lowest BCUT2D eigenvalue weighted by Gasteiger charge is -2.20. The minimum atomic E-state index is 0.174. The Hall–Kier alpha value is -2.01. The quantitative estimate of drug-likeness (QED) is 0.871. The smallest absolute Gasteiger partial charge is 0.298 e. The van der Waals surface area contributed by atoms with Crippen LogP contribution in [0.1, 0.15) is 0 Å². The zero-order chi connectivity index (χ0) is 14.6. The molecule has 21 heavy (non-hydrogen) atoms. The predicted octanol–water partition coefficient (Wildman–Crippen LogP) is 2.05. The molecule has 1 N–H and O–H groups in total. The number of aromatic nitrogens is 1. The van der Waals surface area contributed by atoms with Gasteiger partial charge in [0.1, 0.15) is 11.3 Å². The molecule has 1 saturated heterocycles.